The average Bonchev–Trinajstić information content (AvgIpc) is 3.29. The molecule has 0 heterocycles. The lowest BCUT2D eigenvalue weighted by molar-refractivity contribution is -0.216. The van der Waals surface area contributed by atoms with E-state index in [9.17, 15) is 58.9 Å². The largest absolute Gasteiger partial charge is 0.472 e. The highest BCUT2D eigenvalue weighted by molar-refractivity contribution is 7.47. The van der Waals surface area contributed by atoms with E-state index in [1.165, 1.54) is 38.5 Å². The number of esters is 2. The third-order valence-corrected chi connectivity index (χ3v) is 12.7. The third-order valence-electron chi connectivity index (χ3n) is 11.2. The SMILES string of the molecule is CCCCCCCC/C=C\CCCCCCCCCC(=O)O[C@H](COC(=O)CCC/C=C\C/C=C\C/C=C\C/C=C\CC[C@@H](O)CC)COP(=O)(O)O[C@H]1C(O)C(O)C(O)[C@@H](OP(=O)(O)O)C1O. The fraction of sp³-hybridized carbons (Fsp3) is 0.755. The number of phosphoric ester groups is 2. The third kappa shape index (κ3) is 33.3. The number of ether oxygens (including phenoxy) is 2. The molecule has 1 aliphatic rings. The van der Waals surface area contributed by atoms with Crippen molar-refractivity contribution in [3.63, 3.8) is 0 Å². The number of rotatable bonds is 41. The summed E-state index contributed by atoms with van der Waals surface area (Å²) < 4.78 is 49.4. The first-order valence-electron chi connectivity index (χ1n) is 24.9. The van der Waals surface area contributed by atoms with Gasteiger partial charge in [-0.25, -0.2) is 9.13 Å². The lowest BCUT2D eigenvalue weighted by Crippen LogP contribution is -2.64. The van der Waals surface area contributed by atoms with Crippen molar-refractivity contribution in [2.24, 2.45) is 0 Å². The number of aliphatic hydroxyl groups is 5. The van der Waals surface area contributed by atoms with E-state index in [1.54, 1.807) is 0 Å². The van der Waals surface area contributed by atoms with Crippen LogP contribution in [0.4, 0.5) is 0 Å². The van der Waals surface area contributed by atoms with Crippen molar-refractivity contribution in [2.45, 2.75) is 223 Å². The molecule has 0 radical (unpaired) electrons. The lowest BCUT2D eigenvalue weighted by Gasteiger charge is -2.43. The summed E-state index contributed by atoms with van der Waals surface area (Å²) in [5, 5.41) is 50.8. The molecule has 68 heavy (non-hydrogen) atoms. The van der Waals surface area contributed by atoms with Crippen molar-refractivity contribution >= 4 is 27.6 Å². The molecule has 1 fully saturated rings. The van der Waals surface area contributed by atoms with E-state index in [0.717, 1.165) is 89.9 Å². The minimum atomic E-state index is -5.38. The Hall–Kier alpha value is -2.34. The van der Waals surface area contributed by atoms with E-state index in [4.69, 9.17) is 18.5 Å². The van der Waals surface area contributed by atoms with Crippen LogP contribution in [0.3, 0.4) is 0 Å². The van der Waals surface area contributed by atoms with E-state index < -0.39 is 83.5 Å². The molecule has 394 valence electrons. The van der Waals surface area contributed by atoms with Crippen LogP contribution in [-0.2, 0) is 41.8 Å². The van der Waals surface area contributed by atoms with Gasteiger partial charge in [-0.15, -0.1) is 0 Å². The summed E-state index contributed by atoms with van der Waals surface area (Å²) in [4.78, 5) is 54.3. The number of phosphoric acid groups is 2. The van der Waals surface area contributed by atoms with E-state index in [0.29, 0.717) is 19.3 Å². The number of hydrogen-bond donors (Lipinski definition) is 8. The molecule has 0 saturated heterocycles. The molecule has 17 nitrogen and oxygen atoms in total. The Morgan fingerprint density at radius 3 is 1.53 bits per heavy atom. The zero-order valence-corrected chi connectivity index (χ0v) is 42.4. The quantitative estimate of drug-likeness (QED) is 0.0123. The van der Waals surface area contributed by atoms with Crippen molar-refractivity contribution in [1.29, 1.82) is 0 Å². The van der Waals surface area contributed by atoms with Crippen molar-refractivity contribution in [1.82, 2.24) is 0 Å². The molecule has 9 atom stereocenters. The van der Waals surface area contributed by atoms with Gasteiger partial charge in [0.15, 0.2) is 6.10 Å². The highest BCUT2D eigenvalue weighted by Crippen LogP contribution is 2.49. The first-order chi connectivity index (χ1) is 32.5. The normalized spacial score (nSPS) is 22.2. The molecule has 5 unspecified atom stereocenters. The van der Waals surface area contributed by atoms with Crippen molar-refractivity contribution in [2.75, 3.05) is 13.2 Å². The molecule has 0 aliphatic heterocycles. The topological polar surface area (TPSA) is 276 Å². The Morgan fingerprint density at radius 1 is 0.529 bits per heavy atom. The zero-order chi connectivity index (χ0) is 50.5. The van der Waals surface area contributed by atoms with Gasteiger partial charge < -0.3 is 49.7 Å². The van der Waals surface area contributed by atoms with Crippen molar-refractivity contribution in [3.8, 4) is 0 Å². The Kier molecular flexibility index (Phi) is 36.8. The number of hydrogen-bond acceptors (Lipinski definition) is 14. The Labute approximate surface area is 405 Å². The van der Waals surface area contributed by atoms with Gasteiger partial charge in [0.05, 0.1) is 12.7 Å². The van der Waals surface area contributed by atoms with E-state index >= 15 is 0 Å². The number of unbranched alkanes of at least 4 members (excludes halogenated alkanes) is 14. The molecule has 1 saturated carbocycles. The molecule has 0 spiro atoms. The Balaban J connectivity index is 2.61. The molecule has 0 bridgehead atoms. The maximum Gasteiger partial charge on any atom is 0.472 e. The molecule has 0 amide bonds. The zero-order valence-electron chi connectivity index (χ0n) is 40.6. The highest BCUT2D eigenvalue weighted by Gasteiger charge is 2.54. The maximum atomic E-state index is 13.0. The Bertz CT molecular complexity index is 1560. The minimum absolute atomic E-state index is 0.0187. The van der Waals surface area contributed by atoms with Gasteiger partial charge in [0.1, 0.15) is 43.2 Å². The molecule has 0 aromatic rings. The van der Waals surface area contributed by atoms with Crippen LogP contribution in [-0.4, -0.2) is 114 Å². The Morgan fingerprint density at radius 2 is 0.985 bits per heavy atom. The van der Waals surface area contributed by atoms with E-state index in [-0.39, 0.29) is 18.9 Å². The lowest BCUT2D eigenvalue weighted by atomic mass is 9.85. The predicted octanol–water partition coefficient (Wildman–Crippen LogP) is 8.81. The van der Waals surface area contributed by atoms with Gasteiger partial charge in [0, 0.05) is 12.8 Å². The second kappa shape index (κ2) is 39.3. The fourth-order valence-electron chi connectivity index (χ4n) is 7.17. The van der Waals surface area contributed by atoms with Gasteiger partial charge in [-0.3, -0.25) is 23.2 Å². The molecule has 1 rings (SSSR count). The van der Waals surface area contributed by atoms with Crippen LogP contribution in [0.1, 0.15) is 174 Å². The summed E-state index contributed by atoms with van der Waals surface area (Å²) in [6.45, 7) is 2.78. The van der Waals surface area contributed by atoms with Crippen molar-refractivity contribution in [3.05, 3.63) is 60.8 Å². The van der Waals surface area contributed by atoms with Crippen LogP contribution < -0.4 is 0 Å². The van der Waals surface area contributed by atoms with Crippen LogP contribution in [0.15, 0.2) is 60.8 Å². The fourth-order valence-corrected chi connectivity index (χ4v) is 8.71. The first kappa shape index (κ1) is 63.7. The summed E-state index contributed by atoms with van der Waals surface area (Å²) in [5.74, 6) is -1.30. The molecule has 0 aromatic heterocycles. The van der Waals surface area contributed by atoms with Gasteiger partial charge in [-0.05, 0) is 83.5 Å². The number of carbonyl (C=O) groups is 2. The van der Waals surface area contributed by atoms with Gasteiger partial charge in [-0.1, -0.05) is 139 Å². The van der Waals surface area contributed by atoms with Gasteiger partial charge in [0.25, 0.3) is 0 Å². The molecule has 19 heteroatoms. The molecular formula is C49H86O17P2. The molecule has 0 aromatic carbocycles. The average molecular weight is 1010 g/mol. The number of carbonyl (C=O) groups excluding carboxylic acids is 2. The van der Waals surface area contributed by atoms with Gasteiger partial charge >= 0.3 is 27.6 Å². The second-order valence-corrected chi connectivity index (χ2v) is 19.9. The highest BCUT2D eigenvalue weighted by atomic mass is 31.2. The monoisotopic (exact) mass is 1010 g/mol. The summed E-state index contributed by atoms with van der Waals surface area (Å²) in [7, 11) is -10.7. The predicted molar refractivity (Wildman–Crippen MR) is 261 cm³/mol. The van der Waals surface area contributed by atoms with Crippen LogP contribution >= 0.6 is 15.6 Å². The van der Waals surface area contributed by atoms with Crippen molar-refractivity contribution < 1.29 is 82.0 Å². The first-order valence-corrected chi connectivity index (χ1v) is 27.9. The van der Waals surface area contributed by atoms with Gasteiger partial charge in [0.2, 0.25) is 0 Å². The van der Waals surface area contributed by atoms with Crippen LogP contribution in [0.25, 0.3) is 0 Å². The number of aliphatic hydroxyl groups excluding tert-OH is 5. The van der Waals surface area contributed by atoms with E-state index in [2.05, 4.69) is 54.0 Å². The van der Waals surface area contributed by atoms with Crippen LogP contribution in [0, 0.1) is 0 Å². The minimum Gasteiger partial charge on any atom is -0.462 e. The molecule has 8 N–H and O–H groups in total. The maximum absolute atomic E-state index is 13.0. The second-order valence-electron chi connectivity index (χ2n) is 17.3. The van der Waals surface area contributed by atoms with E-state index in [1.807, 2.05) is 25.2 Å². The molecule has 1 aliphatic carbocycles. The summed E-state index contributed by atoms with van der Waals surface area (Å²) in [6.07, 6.45) is 28.3. The standard InChI is InChI=1S/C49H86O17P2/c1-3-5-6-7-8-9-10-11-12-13-14-19-22-25-28-31-34-37-43(52)64-41(39-63-68(60,61)66-49-46(55)44(53)45(54)48(47(49)56)65-67(57,58)59)38-62-42(51)36-33-30-27-24-21-18-16-15-17-20-23-26-29-32-35-40(50)4-2/h11-12,16-18,20,24,26-27,29,40-41,44-50,53-56H,3-10,13-15,19,21-23,25,28,30-39H2,1-2H3,(H,60,61)(H2,57,58,59)/b12-11-,18-16-,20-17-,27-24-,29-26-/t40-,41+,44?,45?,46?,47?,48+,49-/m0/s1. The smallest absolute Gasteiger partial charge is 0.462 e. The molecular weight excluding hydrogens is 922 g/mol. The number of allylic oxidation sites excluding steroid dienone is 10. The van der Waals surface area contributed by atoms with Gasteiger partial charge in [-0.2, -0.15) is 0 Å². The summed E-state index contributed by atoms with van der Waals surface area (Å²) in [6, 6.07) is 0. The van der Waals surface area contributed by atoms with Crippen LogP contribution in [0.5, 0.6) is 0 Å². The summed E-state index contributed by atoms with van der Waals surface area (Å²) >= 11 is 0. The summed E-state index contributed by atoms with van der Waals surface area (Å²) in [5.41, 5.74) is 0. The van der Waals surface area contributed by atoms with Crippen LogP contribution in [0.2, 0.25) is 0 Å².